The molecule has 0 saturated heterocycles. The first-order chi connectivity index (χ1) is 26.9. The van der Waals surface area contributed by atoms with Crippen LogP contribution in [-0.2, 0) is 0 Å². The maximum atomic E-state index is 13.8. The number of phenolic OH excluding ortho intramolecular Hbond substituents is 2. The molecule has 0 bridgehead atoms. The van der Waals surface area contributed by atoms with Crippen LogP contribution in [0.1, 0.15) is 43.0 Å². The van der Waals surface area contributed by atoms with Gasteiger partial charge in [-0.1, -0.05) is 83.9 Å². The van der Waals surface area contributed by atoms with E-state index in [1.165, 1.54) is 0 Å². The number of amides is 2. The number of carbonyl (C=O) groups excluding carboxylic acids is 2. The highest BCUT2D eigenvalue weighted by Crippen LogP contribution is 2.42. The standard InChI is InChI=1S/C44H34Cl2N6O4/c1-23-13-15-29(45)21-37(23)49-51-39-31-11-7-5-9-27(31)19-33(41(39)53)43(55)47-35-17-26(4)36(18-25(35)3)48-44(56)34-20-28-10-6-8-12-32(28)40(42(34)54)52-50-38-22-30(46)16-14-24(38)2/h5-22,53-54H,1-4H3,(H,47,55)(H,48,56). The van der Waals surface area contributed by atoms with Gasteiger partial charge in [-0.25, -0.2) is 0 Å². The maximum absolute atomic E-state index is 13.8. The fourth-order valence-electron chi connectivity index (χ4n) is 6.24. The van der Waals surface area contributed by atoms with E-state index in [1.807, 2.05) is 62.4 Å². The first-order valence-electron chi connectivity index (χ1n) is 17.5. The molecule has 7 aromatic rings. The number of halogens is 2. The number of nitrogens with zero attached hydrogens (tertiary/aromatic N) is 4. The molecule has 0 aromatic heterocycles. The summed E-state index contributed by atoms with van der Waals surface area (Å²) in [7, 11) is 0. The number of phenols is 2. The molecule has 7 rings (SSSR count). The van der Waals surface area contributed by atoms with E-state index >= 15 is 0 Å². The monoisotopic (exact) mass is 780 g/mol. The molecule has 0 aliphatic heterocycles. The normalized spacial score (nSPS) is 11.5. The molecule has 12 heteroatoms. The molecular weight excluding hydrogens is 747 g/mol. The van der Waals surface area contributed by atoms with E-state index in [0.717, 1.165) is 11.1 Å². The van der Waals surface area contributed by atoms with Gasteiger partial charge < -0.3 is 20.8 Å². The summed E-state index contributed by atoms with van der Waals surface area (Å²) >= 11 is 12.4. The minimum atomic E-state index is -0.571. The van der Waals surface area contributed by atoms with Crippen LogP contribution in [0.4, 0.5) is 34.1 Å². The topological polar surface area (TPSA) is 148 Å². The third-order valence-corrected chi connectivity index (χ3v) is 9.88. The Labute approximate surface area is 332 Å². The molecule has 0 aliphatic rings. The molecule has 0 atom stereocenters. The molecule has 278 valence electrons. The zero-order valence-electron chi connectivity index (χ0n) is 30.6. The van der Waals surface area contributed by atoms with Crippen LogP contribution in [0, 0.1) is 27.7 Å². The SMILES string of the molecule is Cc1ccc(Cl)cc1N=Nc1c(O)c(C(=O)Nc2cc(C)c(NC(=O)c3cc4ccccc4c(N=Nc4cc(Cl)ccc4C)c3O)cc2C)cc2ccccc12. The summed E-state index contributed by atoms with van der Waals surface area (Å²) in [6.07, 6.45) is 0. The minimum absolute atomic E-state index is 0.000142. The lowest BCUT2D eigenvalue weighted by atomic mass is 10.0. The van der Waals surface area contributed by atoms with Gasteiger partial charge in [0.2, 0.25) is 0 Å². The number of anilines is 2. The van der Waals surface area contributed by atoms with Crippen molar-refractivity contribution in [3.63, 3.8) is 0 Å². The average Bonchev–Trinajstić information content (AvgIpc) is 3.18. The van der Waals surface area contributed by atoms with Gasteiger partial charge in [0.1, 0.15) is 11.4 Å². The van der Waals surface area contributed by atoms with Crippen LogP contribution in [0.15, 0.2) is 130 Å². The fourth-order valence-corrected chi connectivity index (χ4v) is 6.57. The lowest BCUT2D eigenvalue weighted by molar-refractivity contribution is 0.101. The Balaban J connectivity index is 1.17. The third-order valence-electron chi connectivity index (χ3n) is 9.41. The van der Waals surface area contributed by atoms with Gasteiger partial charge in [-0.05, 0) is 109 Å². The van der Waals surface area contributed by atoms with E-state index < -0.39 is 11.8 Å². The molecule has 0 fully saturated rings. The number of hydrogen-bond donors (Lipinski definition) is 4. The van der Waals surface area contributed by atoms with E-state index in [0.29, 0.717) is 65.5 Å². The Bertz CT molecular complexity index is 2610. The average molecular weight is 782 g/mol. The second-order valence-corrected chi connectivity index (χ2v) is 14.2. The first kappa shape index (κ1) is 37.7. The lowest BCUT2D eigenvalue weighted by Gasteiger charge is -2.16. The molecule has 10 nitrogen and oxygen atoms in total. The molecule has 56 heavy (non-hydrogen) atoms. The quantitative estimate of drug-likeness (QED) is 0.114. The van der Waals surface area contributed by atoms with Gasteiger partial charge in [0.05, 0.1) is 22.5 Å². The molecule has 0 heterocycles. The van der Waals surface area contributed by atoms with Crippen LogP contribution in [0.5, 0.6) is 11.5 Å². The number of aryl methyl sites for hydroxylation is 4. The molecule has 0 unspecified atom stereocenters. The van der Waals surface area contributed by atoms with Crippen molar-refractivity contribution < 1.29 is 19.8 Å². The van der Waals surface area contributed by atoms with Gasteiger partial charge >= 0.3 is 0 Å². The van der Waals surface area contributed by atoms with Crippen molar-refractivity contribution in [3.05, 3.63) is 153 Å². The van der Waals surface area contributed by atoms with Gasteiger partial charge in [0.25, 0.3) is 11.8 Å². The van der Waals surface area contributed by atoms with E-state index in [1.54, 1.807) is 74.5 Å². The Morgan fingerprint density at radius 2 is 0.893 bits per heavy atom. The molecule has 0 aliphatic carbocycles. The number of carbonyl (C=O) groups is 2. The van der Waals surface area contributed by atoms with Crippen molar-refractivity contribution in [2.24, 2.45) is 20.5 Å². The Morgan fingerprint density at radius 1 is 0.500 bits per heavy atom. The summed E-state index contributed by atoms with van der Waals surface area (Å²) < 4.78 is 0. The number of rotatable bonds is 8. The summed E-state index contributed by atoms with van der Waals surface area (Å²) in [5.41, 5.74) is 5.19. The highest BCUT2D eigenvalue weighted by Gasteiger charge is 2.22. The van der Waals surface area contributed by atoms with Crippen LogP contribution >= 0.6 is 23.2 Å². The Hall–Kier alpha value is -6.62. The van der Waals surface area contributed by atoms with E-state index in [9.17, 15) is 19.8 Å². The van der Waals surface area contributed by atoms with Crippen molar-refractivity contribution in [2.75, 3.05) is 10.6 Å². The van der Waals surface area contributed by atoms with Crippen molar-refractivity contribution >= 4 is 90.7 Å². The molecule has 0 saturated carbocycles. The smallest absolute Gasteiger partial charge is 0.259 e. The molecular formula is C44H34Cl2N6O4. The van der Waals surface area contributed by atoms with Crippen LogP contribution < -0.4 is 10.6 Å². The zero-order chi connectivity index (χ0) is 39.7. The minimum Gasteiger partial charge on any atom is -0.505 e. The van der Waals surface area contributed by atoms with E-state index in [-0.39, 0.29) is 34.0 Å². The molecule has 2 amide bonds. The number of hydrogen-bond acceptors (Lipinski definition) is 8. The summed E-state index contributed by atoms with van der Waals surface area (Å²) in [5.74, 6) is -1.81. The predicted octanol–water partition coefficient (Wildman–Crippen LogP) is 13.3. The Kier molecular flexibility index (Phi) is 10.5. The Morgan fingerprint density at radius 3 is 1.30 bits per heavy atom. The van der Waals surface area contributed by atoms with Gasteiger partial charge in [-0.15, -0.1) is 10.2 Å². The second kappa shape index (κ2) is 15.6. The highest BCUT2D eigenvalue weighted by atomic mass is 35.5. The zero-order valence-corrected chi connectivity index (χ0v) is 32.2. The fraction of sp³-hybridized carbons (Fsp3) is 0.0909. The van der Waals surface area contributed by atoms with Crippen LogP contribution in [-0.4, -0.2) is 22.0 Å². The second-order valence-electron chi connectivity index (χ2n) is 13.3. The van der Waals surface area contributed by atoms with Crippen LogP contribution in [0.2, 0.25) is 10.0 Å². The summed E-state index contributed by atoms with van der Waals surface area (Å²) in [6.45, 7) is 7.30. The van der Waals surface area contributed by atoms with Gasteiger partial charge in [0, 0.05) is 32.2 Å². The summed E-state index contributed by atoms with van der Waals surface area (Å²) in [5, 5.41) is 49.6. The number of azo groups is 2. The van der Waals surface area contributed by atoms with E-state index in [4.69, 9.17) is 23.2 Å². The van der Waals surface area contributed by atoms with Crippen LogP contribution in [0.25, 0.3) is 21.5 Å². The number of aromatic hydroxyl groups is 2. The predicted molar refractivity (Wildman–Crippen MR) is 224 cm³/mol. The lowest BCUT2D eigenvalue weighted by Crippen LogP contribution is -2.15. The van der Waals surface area contributed by atoms with Crippen molar-refractivity contribution in [2.45, 2.75) is 27.7 Å². The van der Waals surface area contributed by atoms with Gasteiger partial charge in [-0.3, -0.25) is 9.59 Å². The third kappa shape index (κ3) is 7.66. The maximum Gasteiger partial charge on any atom is 0.259 e. The first-order valence-corrected chi connectivity index (χ1v) is 18.2. The van der Waals surface area contributed by atoms with Gasteiger partial charge in [-0.2, -0.15) is 10.2 Å². The molecule has 7 aromatic carbocycles. The summed E-state index contributed by atoms with van der Waals surface area (Å²) in [6, 6.07) is 31.6. The van der Waals surface area contributed by atoms with Gasteiger partial charge in [0.15, 0.2) is 11.5 Å². The molecule has 4 N–H and O–H groups in total. The number of fused-ring (bicyclic) bond motifs is 2. The largest absolute Gasteiger partial charge is 0.505 e. The molecule has 0 radical (unpaired) electrons. The van der Waals surface area contributed by atoms with Crippen molar-refractivity contribution in [1.82, 2.24) is 0 Å². The van der Waals surface area contributed by atoms with Crippen LogP contribution in [0.3, 0.4) is 0 Å². The summed E-state index contributed by atoms with van der Waals surface area (Å²) in [4.78, 5) is 27.6. The van der Waals surface area contributed by atoms with Crippen molar-refractivity contribution in [1.29, 1.82) is 0 Å². The highest BCUT2D eigenvalue weighted by molar-refractivity contribution is 6.31. The van der Waals surface area contributed by atoms with Crippen molar-refractivity contribution in [3.8, 4) is 11.5 Å². The number of benzene rings is 7. The number of nitrogens with one attached hydrogen (secondary N) is 2. The molecule has 0 spiro atoms. The van der Waals surface area contributed by atoms with E-state index in [2.05, 4.69) is 31.1 Å².